The van der Waals surface area contributed by atoms with Gasteiger partial charge in [-0.2, -0.15) is 19.0 Å². The van der Waals surface area contributed by atoms with Crippen LogP contribution in [0.3, 0.4) is 0 Å². The number of piperazine rings is 1. The highest BCUT2D eigenvalue weighted by atomic mass is 19.3. The van der Waals surface area contributed by atoms with Crippen LogP contribution in [0, 0.1) is 5.41 Å². The third kappa shape index (κ3) is 6.14. The summed E-state index contributed by atoms with van der Waals surface area (Å²) in [6.07, 6.45) is 7.23. The van der Waals surface area contributed by atoms with Crippen molar-refractivity contribution >= 4 is 34.1 Å². The molecule has 15 heteroatoms. The lowest BCUT2D eigenvalue weighted by Gasteiger charge is -2.34. The molecular weight excluding hydrogens is 538 g/mol. The molecular formula is C26H28F2N10O3. The Balaban J connectivity index is 1.42. The van der Waals surface area contributed by atoms with Crippen LogP contribution in [0.2, 0.25) is 0 Å². The van der Waals surface area contributed by atoms with Gasteiger partial charge in [-0.15, -0.1) is 0 Å². The van der Waals surface area contributed by atoms with Crippen LogP contribution >= 0.6 is 0 Å². The van der Waals surface area contributed by atoms with E-state index in [0.717, 1.165) is 19.6 Å². The smallest absolute Gasteiger partial charge is 0.387 e. The van der Waals surface area contributed by atoms with Crippen LogP contribution in [0.1, 0.15) is 22.8 Å². The van der Waals surface area contributed by atoms with E-state index >= 15 is 0 Å². The van der Waals surface area contributed by atoms with Crippen molar-refractivity contribution in [2.75, 3.05) is 39.3 Å². The molecule has 13 nitrogen and oxygen atoms in total. The van der Waals surface area contributed by atoms with E-state index in [2.05, 4.69) is 42.7 Å². The highest BCUT2D eigenvalue weighted by molar-refractivity contribution is 6.16. The molecule has 4 N–H and O–H groups in total. The number of allylic oxidation sites excluding steroid dienone is 1. The van der Waals surface area contributed by atoms with E-state index < -0.39 is 12.5 Å². The topological polar surface area (TPSA) is 157 Å². The van der Waals surface area contributed by atoms with Crippen molar-refractivity contribution in [3.8, 4) is 5.75 Å². The molecule has 0 bridgehead atoms. The number of halogens is 2. The van der Waals surface area contributed by atoms with Crippen LogP contribution in [0.5, 0.6) is 5.75 Å². The maximum Gasteiger partial charge on any atom is 0.387 e. The molecule has 0 unspecified atom stereocenters. The molecule has 2 amide bonds. The molecule has 0 saturated carbocycles. The van der Waals surface area contributed by atoms with Crippen molar-refractivity contribution in [2.24, 2.45) is 0 Å². The standard InChI is InChI=1S/C26H28F2N10O3/c1-2-36-6-8-37(9-7-36)22(39)15-30-14-20(34-25(40)18-13-33-38-5-3-4-31-24(18)38)23(29)17-10-16-12-32-35-19(16)11-21(17)41-26(27)28/h3-5,10-14,26,29-30H,2,6-9,15H2,1H3,(H,32,35)(H,34,40)/b20-14+,29-23?. The molecule has 4 heterocycles. The number of hydrogen-bond donors (Lipinski definition) is 4. The number of nitrogens with one attached hydrogen (secondary N) is 4. The first-order chi connectivity index (χ1) is 19.8. The van der Waals surface area contributed by atoms with Gasteiger partial charge in [0.25, 0.3) is 5.91 Å². The quantitative estimate of drug-likeness (QED) is 0.211. The summed E-state index contributed by atoms with van der Waals surface area (Å²) >= 11 is 0. The van der Waals surface area contributed by atoms with Gasteiger partial charge in [0.15, 0.2) is 5.65 Å². The second-order valence-corrected chi connectivity index (χ2v) is 9.21. The molecule has 214 valence electrons. The van der Waals surface area contributed by atoms with Crippen molar-refractivity contribution in [3.63, 3.8) is 0 Å². The number of rotatable bonds is 10. The zero-order valence-corrected chi connectivity index (χ0v) is 22.1. The summed E-state index contributed by atoms with van der Waals surface area (Å²) < 4.78 is 32.7. The Bertz CT molecular complexity index is 1610. The summed E-state index contributed by atoms with van der Waals surface area (Å²) in [6, 6.07) is 4.41. The maximum absolute atomic E-state index is 13.3. The van der Waals surface area contributed by atoms with Crippen molar-refractivity contribution in [2.45, 2.75) is 13.5 Å². The Morgan fingerprint density at radius 3 is 2.76 bits per heavy atom. The second kappa shape index (κ2) is 12.1. The van der Waals surface area contributed by atoms with E-state index in [0.29, 0.717) is 24.0 Å². The van der Waals surface area contributed by atoms with Crippen LogP contribution < -0.4 is 15.4 Å². The molecule has 1 saturated heterocycles. The number of fused-ring (bicyclic) bond motifs is 2. The Morgan fingerprint density at radius 2 is 2.00 bits per heavy atom. The molecule has 0 atom stereocenters. The number of carbonyl (C=O) groups is 2. The minimum Gasteiger partial charge on any atom is -0.434 e. The van der Waals surface area contributed by atoms with Crippen LogP contribution in [0.4, 0.5) is 8.78 Å². The summed E-state index contributed by atoms with van der Waals surface area (Å²) in [4.78, 5) is 34.3. The second-order valence-electron chi connectivity index (χ2n) is 9.21. The molecule has 4 aromatic rings. The molecule has 1 aliphatic heterocycles. The molecule has 1 fully saturated rings. The monoisotopic (exact) mass is 566 g/mol. The minimum absolute atomic E-state index is 0.0208. The first-order valence-electron chi connectivity index (χ1n) is 12.9. The number of nitrogens with zero attached hydrogens (tertiary/aromatic N) is 6. The lowest BCUT2D eigenvalue weighted by Crippen LogP contribution is -2.50. The van der Waals surface area contributed by atoms with Gasteiger partial charge in [0.1, 0.15) is 11.3 Å². The summed E-state index contributed by atoms with van der Waals surface area (Å²) in [5, 5.41) is 25.6. The molecule has 3 aromatic heterocycles. The van der Waals surface area contributed by atoms with E-state index in [1.54, 1.807) is 17.2 Å². The fourth-order valence-corrected chi connectivity index (χ4v) is 4.52. The van der Waals surface area contributed by atoms with Crippen molar-refractivity contribution in [1.29, 1.82) is 5.41 Å². The predicted molar refractivity (Wildman–Crippen MR) is 145 cm³/mol. The Hall–Kier alpha value is -4.92. The van der Waals surface area contributed by atoms with Gasteiger partial charge in [-0.25, -0.2) is 9.50 Å². The van der Waals surface area contributed by atoms with Gasteiger partial charge in [-0.3, -0.25) is 20.1 Å². The summed E-state index contributed by atoms with van der Waals surface area (Å²) in [5.74, 6) is -1.08. The van der Waals surface area contributed by atoms with E-state index in [1.165, 1.54) is 41.4 Å². The minimum atomic E-state index is -3.15. The fourth-order valence-electron chi connectivity index (χ4n) is 4.52. The first-order valence-corrected chi connectivity index (χ1v) is 12.9. The molecule has 1 aromatic carbocycles. The maximum atomic E-state index is 13.3. The van der Waals surface area contributed by atoms with Crippen LogP contribution in [0.25, 0.3) is 16.6 Å². The highest BCUT2D eigenvalue weighted by Crippen LogP contribution is 2.28. The Kier molecular flexibility index (Phi) is 8.14. The SMILES string of the molecule is CCN1CCN(C(=O)CN/C=C(/NC(=O)c2cnn3cccnc23)C(=N)c2cc3cn[nH]c3cc2OC(F)F)CC1. The van der Waals surface area contributed by atoms with Crippen molar-refractivity contribution in [1.82, 2.24) is 45.2 Å². The first kappa shape index (κ1) is 27.6. The molecule has 0 spiro atoms. The lowest BCUT2D eigenvalue weighted by molar-refractivity contribution is -0.131. The number of benzene rings is 1. The average molecular weight is 567 g/mol. The average Bonchev–Trinajstić information content (AvgIpc) is 3.62. The summed E-state index contributed by atoms with van der Waals surface area (Å²) in [7, 11) is 0. The van der Waals surface area contributed by atoms with Gasteiger partial charge in [-0.05, 0) is 18.7 Å². The molecule has 41 heavy (non-hydrogen) atoms. The summed E-state index contributed by atoms with van der Waals surface area (Å²) in [6.45, 7) is 2.48. The van der Waals surface area contributed by atoms with E-state index in [-0.39, 0.29) is 46.4 Å². The Morgan fingerprint density at radius 1 is 1.20 bits per heavy atom. The van der Waals surface area contributed by atoms with Crippen LogP contribution in [-0.4, -0.2) is 98.0 Å². The number of H-pyrrole nitrogens is 1. The fraction of sp³-hybridized carbons (Fsp3) is 0.308. The number of aromatic nitrogens is 5. The van der Waals surface area contributed by atoms with Gasteiger partial charge >= 0.3 is 6.61 Å². The Labute approximate surface area is 232 Å². The van der Waals surface area contributed by atoms with Gasteiger partial charge in [0.05, 0.1) is 35.9 Å². The zero-order valence-electron chi connectivity index (χ0n) is 22.1. The lowest BCUT2D eigenvalue weighted by atomic mass is 10.0. The number of alkyl halides is 2. The molecule has 0 aliphatic carbocycles. The number of carbonyl (C=O) groups excluding carboxylic acids is 2. The van der Waals surface area contributed by atoms with Gasteiger partial charge in [0.2, 0.25) is 5.91 Å². The highest BCUT2D eigenvalue weighted by Gasteiger charge is 2.23. The van der Waals surface area contributed by atoms with Crippen LogP contribution in [0.15, 0.2) is 54.9 Å². The third-order valence-corrected chi connectivity index (χ3v) is 6.74. The normalized spacial score (nSPS) is 14.5. The number of aromatic amines is 1. The largest absolute Gasteiger partial charge is 0.434 e. The summed E-state index contributed by atoms with van der Waals surface area (Å²) in [5.41, 5.74) is 0.396. The number of amides is 2. The van der Waals surface area contributed by atoms with Gasteiger partial charge in [0, 0.05) is 61.8 Å². The van der Waals surface area contributed by atoms with Crippen molar-refractivity contribution in [3.05, 3.63) is 66.0 Å². The number of hydrogen-bond acceptors (Lipinski definition) is 9. The van der Waals surface area contributed by atoms with Crippen molar-refractivity contribution < 1.29 is 23.1 Å². The van der Waals surface area contributed by atoms with E-state index in [4.69, 9.17) is 10.1 Å². The van der Waals surface area contributed by atoms with E-state index in [1.807, 2.05) is 0 Å². The number of ether oxygens (including phenoxy) is 1. The van der Waals surface area contributed by atoms with Gasteiger partial charge in [-0.1, -0.05) is 6.92 Å². The van der Waals surface area contributed by atoms with E-state index in [9.17, 15) is 18.4 Å². The molecule has 1 aliphatic rings. The predicted octanol–water partition coefficient (Wildman–Crippen LogP) is 1.60. The van der Waals surface area contributed by atoms with Crippen LogP contribution in [-0.2, 0) is 4.79 Å². The molecule has 0 radical (unpaired) electrons. The van der Waals surface area contributed by atoms with Gasteiger partial charge < -0.3 is 25.2 Å². The third-order valence-electron chi connectivity index (χ3n) is 6.74. The molecule has 5 rings (SSSR count). The number of likely N-dealkylation sites (N-methyl/N-ethyl adjacent to an activating group) is 1. The zero-order chi connectivity index (χ0) is 28.9.